The number of aromatic nitrogens is 2. The summed E-state index contributed by atoms with van der Waals surface area (Å²) in [6.45, 7) is 0. The van der Waals surface area contributed by atoms with Crippen LogP contribution in [0.25, 0.3) is 0 Å². The first kappa shape index (κ1) is 14.8. The lowest BCUT2D eigenvalue weighted by atomic mass is 10.0. The van der Waals surface area contributed by atoms with Crippen LogP contribution in [0.3, 0.4) is 0 Å². The third-order valence-corrected chi connectivity index (χ3v) is 3.10. The topological polar surface area (TPSA) is 38.0 Å². The minimum Gasteiger partial charge on any atom is -0.382 e. The molecular formula is C12H9ClF4N2O. The van der Waals surface area contributed by atoms with Crippen molar-refractivity contribution in [2.45, 2.75) is 12.3 Å². The first-order valence-electron chi connectivity index (χ1n) is 5.44. The fourth-order valence-corrected chi connectivity index (χ4v) is 2.09. The normalized spacial score (nSPS) is 13.6. The molecule has 20 heavy (non-hydrogen) atoms. The van der Waals surface area contributed by atoms with Gasteiger partial charge >= 0.3 is 6.18 Å². The van der Waals surface area contributed by atoms with Crippen molar-refractivity contribution in [2.75, 3.05) is 0 Å². The Kier molecular flexibility index (Phi) is 3.75. The minimum atomic E-state index is -4.84. The van der Waals surface area contributed by atoms with E-state index in [4.69, 9.17) is 11.6 Å². The van der Waals surface area contributed by atoms with E-state index in [1.54, 1.807) is 0 Å². The van der Waals surface area contributed by atoms with E-state index in [9.17, 15) is 22.7 Å². The predicted molar refractivity (Wildman–Crippen MR) is 63.7 cm³/mol. The van der Waals surface area contributed by atoms with E-state index in [-0.39, 0.29) is 16.3 Å². The van der Waals surface area contributed by atoms with Gasteiger partial charge in [-0.25, -0.2) is 4.39 Å². The molecule has 108 valence electrons. The molecule has 0 saturated carbocycles. The van der Waals surface area contributed by atoms with Gasteiger partial charge < -0.3 is 5.11 Å². The smallest absolute Gasteiger partial charge is 0.382 e. The Balaban J connectivity index is 2.49. The van der Waals surface area contributed by atoms with E-state index in [0.717, 1.165) is 6.07 Å². The third kappa shape index (κ3) is 2.64. The molecule has 8 heteroatoms. The standard InChI is InChI=1S/C12H9ClF4N2O/c1-19-10(8(13)5-18-19)11(20)6-2-3-9(14)7(4-6)12(15,16)17/h2-5,11,20H,1H3. The SMILES string of the molecule is Cn1ncc(Cl)c1C(O)c1ccc(F)c(C(F)(F)F)c1. The zero-order chi connectivity index (χ0) is 15.1. The minimum absolute atomic E-state index is 0.109. The molecular weight excluding hydrogens is 300 g/mol. The lowest BCUT2D eigenvalue weighted by Gasteiger charge is -2.15. The lowest BCUT2D eigenvalue weighted by molar-refractivity contribution is -0.140. The van der Waals surface area contributed by atoms with Crippen LogP contribution in [0, 0.1) is 5.82 Å². The molecule has 1 N–H and O–H groups in total. The first-order chi connectivity index (χ1) is 9.21. The Labute approximate surface area is 116 Å². The van der Waals surface area contributed by atoms with E-state index < -0.39 is 23.7 Å². The van der Waals surface area contributed by atoms with E-state index in [0.29, 0.717) is 12.1 Å². The average molecular weight is 309 g/mol. The maximum absolute atomic E-state index is 13.2. The maximum atomic E-state index is 13.2. The molecule has 0 aliphatic rings. The maximum Gasteiger partial charge on any atom is 0.419 e. The number of aryl methyl sites for hydroxylation is 1. The molecule has 0 fully saturated rings. The summed E-state index contributed by atoms with van der Waals surface area (Å²) in [6.07, 6.45) is -5.01. The molecule has 1 aromatic carbocycles. The fraction of sp³-hybridized carbons (Fsp3) is 0.250. The molecule has 2 rings (SSSR count). The molecule has 0 saturated heterocycles. The molecule has 1 atom stereocenters. The van der Waals surface area contributed by atoms with Gasteiger partial charge in [-0.15, -0.1) is 0 Å². The van der Waals surface area contributed by atoms with Crippen molar-refractivity contribution in [3.63, 3.8) is 0 Å². The van der Waals surface area contributed by atoms with Gasteiger partial charge in [-0.1, -0.05) is 17.7 Å². The summed E-state index contributed by atoms with van der Waals surface area (Å²) in [6, 6.07) is 2.29. The second-order valence-electron chi connectivity index (χ2n) is 4.14. The zero-order valence-corrected chi connectivity index (χ0v) is 10.9. The average Bonchev–Trinajstić information content (AvgIpc) is 2.67. The second-order valence-corrected chi connectivity index (χ2v) is 4.55. The Hall–Kier alpha value is -1.60. The summed E-state index contributed by atoms with van der Waals surface area (Å²) in [5.41, 5.74) is -1.43. The molecule has 0 aliphatic heterocycles. The monoisotopic (exact) mass is 308 g/mol. The third-order valence-electron chi connectivity index (χ3n) is 2.81. The van der Waals surface area contributed by atoms with Crippen molar-refractivity contribution in [3.05, 3.63) is 52.1 Å². The molecule has 1 aromatic heterocycles. The van der Waals surface area contributed by atoms with Crippen molar-refractivity contribution in [1.29, 1.82) is 0 Å². The summed E-state index contributed by atoms with van der Waals surface area (Å²) in [7, 11) is 1.48. The molecule has 2 aromatic rings. The van der Waals surface area contributed by atoms with Gasteiger partial charge in [0, 0.05) is 7.05 Å². The molecule has 0 radical (unpaired) electrons. The van der Waals surface area contributed by atoms with Crippen molar-refractivity contribution in [3.8, 4) is 0 Å². The molecule has 0 aliphatic carbocycles. The van der Waals surface area contributed by atoms with Crippen LogP contribution in [0.2, 0.25) is 5.02 Å². The molecule has 0 bridgehead atoms. The van der Waals surface area contributed by atoms with Crippen LogP contribution >= 0.6 is 11.6 Å². The Morgan fingerprint density at radius 2 is 2.00 bits per heavy atom. The Morgan fingerprint density at radius 3 is 2.50 bits per heavy atom. The highest BCUT2D eigenvalue weighted by atomic mass is 35.5. The van der Waals surface area contributed by atoms with E-state index in [2.05, 4.69) is 5.10 Å². The summed E-state index contributed by atoms with van der Waals surface area (Å²) >= 11 is 5.81. The van der Waals surface area contributed by atoms with Gasteiger partial charge in [0.15, 0.2) is 0 Å². The summed E-state index contributed by atoms with van der Waals surface area (Å²) in [5.74, 6) is -1.40. The van der Waals surface area contributed by atoms with Crippen LogP contribution < -0.4 is 0 Å². The van der Waals surface area contributed by atoms with Crippen LogP contribution in [0.1, 0.15) is 22.9 Å². The molecule has 0 amide bonds. The quantitative estimate of drug-likeness (QED) is 0.864. The highest BCUT2D eigenvalue weighted by molar-refractivity contribution is 6.31. The van der Waals surface area contributed by atoms with Crippen molar-refractivity contribution in [2.24, 2.45) is 7.05 Å². The number of aliphatic hydroxyl groups excluding tert-OH is 1. The largest absolute Gasteiger partial charge is 0.419 e. The predicted octanol–water partition coefficient (Wildman–Crippen LogP) is 3.31. The summed E-state index contributed by atoms with van der Waals surface area (Å²) in [5, 5.41) is 14.0. The molecule has 1 heterocycles. The first-order valence-corrected chi connectivity index (χ1v) is 5.81. The lowest BCUT2D eigenvalue weighted by Crippen LogP contribution is -2.12. The number of alkyl halides is 3. The number of rotatable bonds is 2. The van der Waals surface area contributed by atoms with E-state index in [1.165, 1.54) is 17.9 Å². The van der Waals surface area contributed by atoms with Crippen LogP contribution in [-0.4, -0.2) is 14.9 Å². The summed E-state index contributed by atoms with van der Waals surface area (Å²) in [4.78, 5) is 0. The number of nitrogens with zero attached hydrogens (tertiary/aromatic N) is 2. The van der Waals surface area contributed by atoms with Crippen LogP contribution in [0.4, 0.5) is 17.6 Å². The number of hydrogen-bond donors (Lipinski definition) is 1. The number of halogens is 5. The van der Waals surface area contributed by atoms with Crippen molar-refractivity contribution < 1.29 is 22.7 Å². The van der Waals surface area contributed by atoms with Gasteiger partial charge in [-0.2, -0.15) is 18.3 Å². The Bertz CT molecular complexity index is 619. The number of hydrogen-bond acceptors (Lipinski definition) is 2. The fourth-order valence-electron chi connectivity index (χ4n) is 1.82. The van der Waals surface area contributed by atoms with Crippen LogP contribution in [0.15, 0.2) is 24.4 Å². The van der Waals surface area contributed by atoms with E-state index in [1.807, 2.05) is 0 Å². The summed E-state index contributed by atoms with van der Waals surface area (Å²) < 4.78 is 52.3. The number of aliphatic hydroxyl groups is 1. The highest BCUT2D eigenvalue weighted by Gasteiger charge is 2.35. The molecule has 0 spiro atoms. The van der Waals surface area contributed by atoms with Gasteiger partial charge in [-0.3, -0.25) is 4.68 Å². The Morgan fingerprint density at radius 1 is 1.35 bits per heavy atom. The molecule has 1 unspecified atom stereocenters. The second kappa shape index (κ2) is 5.06. The van der Waals surface area contributed by atoms with Crippen molar-refractivity contribution >= 4 is 11.6 Å². The van der Waals surface area contributed by atoms with E-state index >= 15 is 0 Å². The van der Waals surface area contributed by atoms with Crippen LogP contribution in [-0.2, 0) is 13.2 Å². The zero-order valence-electron chi connectivity index (χ0n) is 10.1. The molecule has 3 nitrogen and oxygen atoms in total. The van der Waals surface area contributed by atoms with Crippen molar-refractivity contribution in [1.82, 2.24) is 9.78 Å². The van der Waals surface area contributed by atoms with Gasteiger partial charge in [0.05, 0.1) is 22.5 Å². The highest BCUT2D eigenvalue weighted by Crippen LogP contribution is 2.35. The number of benzene rings is 1. The van der Waals surface area contributed by atoms with Crippen LogP contribution in [0.5, 0.6) is 0 Å². The van der Waals surface area contributed by atoms with Gasteiger partial charge in [-0.05, 0) is 17.7 Å². The van der Waals surface area contributed by atoms with Gasteiger partial charge in [0.25, 0.3) is 0 Å². The van der Waals surface area contributed by atoms with Gasteiger partial charge in [0.2, 0.25) is 0 Å². The van der Waals surface area contributed by atoms with Gasteiger partial charge in [0.1, 0.15) is 11.9 Å².